The third-order valence-corrected chi connectivity index (χ3v) is 2.30. The van der Waals surface area contributed by atoms with Crippen molar-refractivity contribution in [3.8, 4) is 0 Å². The summed E-state index contributed by atoms with van der Waals surface area (Å²) >= 11 is 0. The van der Waals surface area contributed by atoms with Crippen LogP contribution in [-0.2, 0) is 6.54 Å². The maximum Gasteiger partial charge on any atom is 0.356 e. The molecule has 2 heterocycles. The van der Waals surface area contributed by atoms with Gasteiger partial charge in [-0.1, -0.05) is 6.07 Å². The minimum atomic E-state index is -1.02. The van der Waals surface area contributed by atoms with Crippen molar-refractivity contribution in [3.63, 3.8) is 0 Å². The maximum atomic E-state index is 10.6. The Bertz CT molecular complexity index is 519. The summed E-state index contributed by atoms with van der Waals surface area (Å²) in [5.74, 6) is -1.02. The molecule has 0 amide bonds. The second-order valence-corrected chi connectivity index (χ2v) is 3.50. The van der Waals surface area contributed by atoms with Crippen molar-refractivity contribution in [1.82, 2.24) is 14.5 Å². The molecular formula is C11H11N3O2. The third-order valence-electron chi connectivity index (χ3n) is 2.30. The second-order valence-electron chi connectivity index (χ2n) is 3.50. The highest BCUT2D eigenvalue weighted by Crippen LogP contribution is 2.06. The fraction of sp³-hybridized carbons (Fsp3) is 0.182. The first kappa shape index (κ1) is 10.4. The summed E-state index contributed by atoms with van der Waals surface area (Å²) in [5.41, 5.74) is 2.04. The smallest absolute Gasteiger partial charge is 0.356 e. The molecule has 2 aromatic rings. The molecule has 1 N–H and O–H groups in total. The Labute approximate surface area is 92.4 Å². The van der Waals surface area contributed by atoms with Crippen LogP contribution in [0, 0.1) is 6.92 Å². The second kappa shape index (κ2) is 4.14. The molecule has 16 heavy (non-hydrogen) atoms. The molecule has 2 aromatic heterocycles. The van der Waals surface area contributed by atoms with E-state index in [2.05, 4.69) is 9.97 Å². The average molecular weight is 217 g/mol. The largest absolute Gasteiger partial charge is 0.476 e. The Hall–Kier alpha value is -2.17. The third kappa shape index (κ3) is 2.08. The van der Waals surface area contributed by atoms with Gasteiger partial charge in [0.1, 0.15) is 0 Å². The van der Waals surface area contributed by atoms with Crippen LogP contribution < -0.4 is 0 Å². The van der Waals surface area contributed by atoms with Crippen LogP contribution >= 0.6 is 0 Å². The van der Waals surface area contributed by atoms with Crippen LogP contribution in [0.4, 0.5) is 0 Å². The fourth-order valence-corrected chi connectivity index (χ4v) is 1.41. The van der Waals surface area contributed by atoms with Crippen LogP contribution in [0.2, 0.25) is 0 Å². The molecule has 0 saturated heterocycles. The Balaban J connectivity index is 2.21. The number of carboxylic acids is 1. The molecule has 2 rings (SSSR count). The van der Waals surface area contributed by atoms with E-state index in [4.69, 9.17) is 5.11 Å². The lowest BCUT2D eigenvalue weighted by molar-refractivity contribution is 0.0691. The van der Waals surface area contributed by atoms with Gasteiger partial charge in [0.15, 0.2) is 5.69 Å². The number of carboxylic acid groups (broad SMARTS) is 1. The van der Waals surface area contributed by atoms with E-state index in [9.17, 15) is 4.79 Å². The van der Waals surface area contributed by atoms with Crippen molar-refractivity contribution >= 4 is 5.97 Å². The molecule has 0 bridgehead atoms. The van der Waals surface area contributed by atoms with E-state index in [1.54, 1.807) is 10.8 Å². The normalized spacial score (nSPS) is 10.3. The van der Waals surface area contributed by atoms with Gasteiger partial charge in [-0.15, -0.1) is 0 Å². The number of aromatic carboxylic acids is 1. The van der Waals surface area contributed by atoms with Crippen LogP contribution in [0.25, 0.3) is 0 Å². The molecule has 0 aliphatic carbocycles. The summed E-state index contributed by atoms with van der Waals surface area (Å²) < 4.78 is 1.71. The highest BCUT2D eigenvalue weighted by Gasteiger charge is 2.07. The molecule has 0 saturated carbocycles. The highest BCUT2D eigenvalue weighted by molar-refractivity contribution is 5.84. The van der Waals surface area contributed by atoms with E-state index in [-0.39, 0.29) is 5.69 Å². The van der Waals surface area contributed by atoms with Crippen LogP contribution in [-0.4, -0.2) is 25.6 Å². The molecule has 5 nitrogen and oxygen atoms in total. The van der Waals surface area contributed by atoms with Gasteiger partial charge in [0.25, 0.3) is 0 Å². The van der Waals surface area contributed by atoms with Gasteiger partial charge in [-0.05, 0) is 18.6 Å². The van der Waals surface area contributed by atoms with E-state index in [0.717, 1.165) is 11.3 Å². The van der Waals surface area contributed by atoms with Crippen LogP contribution in [0.1, 0.15) is 21.7 Å². The van der Waals surface area contributed by atoms with Crippen molar-refractivity contribution in [2.45, 2.75) is 13.5 Å². The van der Waals surface area contributed by atoms with Crippen LogP contribution in [0.15, 0.2) is 30.9 Å². The number of carbonyl (C=O) groups is 1. The zero-order valence-electron chi connectivity index (χ0n) is 8.79. The van der Waals surface area contributed by atoms with Gasteiger partial charge >= 0.3 is 5.97 Å². The van der Waals surface area contributed by atoms with Crippen molar-refractivity contribution < 1.29 is 9.90 Å². The van der Waals surface area contributed by atoms with Crippen LogP contribution in [0.3, 0.4) is 0 Å². The van der Waals surface area contributed by atoms with Crippen molar-refractivity contribution in [2.24, 2.45) is 0 Å². The van der Waals surface area contributed by atoms with Gasteiger partial charge in [-0.3, -0.25) is 4.98 Å². The minimum Gasteiger partial charge on any atom is -0.476 e. The molecule has 0 atom stereocenters. The summed E-state index contributed by atoms with van der Waals surface area (Å²) in [6, 6.07) is 3.84. The first-order valence-corrected chi connectivity index (χ1v) is 4.82. The van der Waals surface area contributed by atoms with Crippen molar-refractivity contribution in [3.05, 3.63) is 47.8 Å². The molecule has 0 fully saturated rings. The van der Waals surface area contributed by atoms with E-state index in [0.29, 0.717) is 6.54 Å². The quantitative estimate of drug-likeness (QED) is 0.842. The number of aryl methyl sites for hydroxylation is 1. The zero-order chi connectivity index (χ0) is 11.5. The van der Waals surface area contributed by atoms with E-state index >= 15 is 0 Å². The van der Waals surface area contributed by atoms with Gasteiger partial charge in [0.2, 0.25) is 0 Å². The lowest BCUT2D eigenvalue weighted by Gasteiger charge is -2.04. The maximum absolute atomic E-state index is 10.6. The SMILES string of the molecule is Cc1cccnc1Cn1cnc(C(=O)O)c1. The number of hydrogen-bond donors (Lipinski definition) is 1. The molecule has 0 unspecified atom stereocenters. The predicted molar refractivity (Wildman–Crippen MR) is 57.3 cm³/mol. The van der Waals surface area contributed by atoms with Gasteiger partial charge < -0.3 is 9.67 Å². The molecular weight excluding hydrogens is 206 g/mol. The van der Waals surface area contributed by atoms with Crippen molar-refractivity contribution in [1.29, 1.82) is 0 Å². The molecule has 0 aliphatic rings. The summed E-state index contributed by atoms with van der Waals surface area (Å²) in [4.78, 5) is 18.7. The number of hydrogen-bond acceptors (Lipinski definition) is 3. The standard InChI is InChI=1S/C11H11N3O2/c1-8-3-2-4-12-9(8)5-14-6-10(11(15)16)13-7-14/h2-4,6-7H,5H2,1H3,(H,15,16). The van der Waals surface area contributed by atoms with Gasteiger partial charge in [0.05, 0.1) is 18.6 Å². The number of rotatable bonds is 3. The number of imidazole rings is 1. The zero-order valence-corrected chi connectivity index (χ0v) is 8.79. The Morgan fingerprint density at radius 1 is 1.50 bits per heavy atom. The Morgan fingerprint density at radius 2 is 2.31 bits per heavy atom. The monoisotopic (exact) mass is 217 g/mol. The van der Waals surface area contributed by atoms with E-state index < -0.39 is 5.97 Å². The topological polar surface area (TPSA) is 68.0 Å². The van der Waals surface area contributed by atoms with Gasteiger partial charge in [-0.25, -0.2) is 9.78 Å². The molecule has 0 aliphatic heterocycles. The number of pyridine rings is 1. The lowest BCUT2D eigenvalue weighted by Crippen LogP contribution is -2.01. The summed E-state index contributed by atoms with van der Waals surface area (Å²) in [6.07, 6.45) is 4.71. The summed E-state index contributed by atoms with van der Waals surface area (Å²) in [7, 11) is 0. The minimum absolute atomic E-state index is 0.0496. The van der Waals surface area contributed by atoms with Crippen molar-refractivity contribution in [2.75, 3.05) is 0 Å². The van der Waals surface area contributed by atoms with Gasteiger partial charge in [-0.2, -0.15) is 0 Å². The van der Waals surface area contributed by atoms with E-state index in [1.807, 2.05) is 19.1 Å². The van der Waals surface area contributed by atoms with E-state index in [1.165, 1.54) is 12.5 Å². The molecule has 0 aromatic carbocycles. The summed E-state index contributed by atoms with van der Waals surface area (Å²) in [5, 5.41) is 8.73. The van der Waals surface area contributed by atoms with Crippen LogP contribution in [0.5, 0.6) is 0 Å². The first-order valence-electron chi connectivity index (χ1n) is 4.82. The average Bonchev–Trinajstić information content (AvgIpc) is 2.70. The molecule has 0 spiro atoms. The van der Waals surface area contributed by atoms with Gasteiger partial charge in [0, 0.05) is 12.4 Å². The molecule has 82 valence electrons. The number of aromatic nitrogens is 3. The molecule has 0 radical (unpaired) electrons. The summed E-state index contributed by atoms with van der Waals surface area (Å²) in [6.45, 7) is 2.50. The lowest BCUT2D eigenvalue weighted by atomic mass is 10.2. The first-order chi connectivity index (χ1) is 7.66. The number of nitrogens with zero attached hydrogens (tertiary/aromatic N) is 3. The Kier molecular flexibility index (Phi) is 2.68. The fourth-order valence-electron chi connectivity index (χ4n) is 1.41. The predicted octanol–water partition coefficient (Wildman–Crippen LogP) is 1.33. The Morgan fingerprint density at radius 3 is 2.94 bits per heavy atom. The molecule has 5 heteroatoms. The highest BCUT2D eigenvalue weighted by atomic mass is 16.4.